The minimum Gasteiger partial charge on any atom is -0.475 e. The molecule has 0 spiro atoms. The fourth-order valence-electron chi connectivity index (χ4n) is 5.40. The van der Waals surface area contributed by atoms with E-state index in [1.807, 2.05) is 4.72 Å². The van der Waals surface area contributed by atoms with Crippen LogP contribution in [0.4, 0.5) is 26.3 Å². The van der Waals surface area contributed by atoms with Gasteiger partial charge in [0, 0.05) is 28.2 Å². The van der Waals surface area contributed by atoms with Crippen LogP contribution in [0.1, 0.15) is 31.2 Å². The number of fused-ring (bicyclic) bond motifs is 2. The zero-order valence-corrected chi connectivity index (χ0v) is 26.5. The number of carbonyl (C=O) groups excluding carboxylic acids is 1. The van der Waals surface area contributed by atoms with E-state index in [2.05, 4.69) is 15.9 Å². The van der Waals surface area contributed by atoms with E-state index in [0.29, 0.717) is 35.9 Å². The Morgan fingerprint density at radius 2 is 1.36 bits per heavy atom. The van der Waals surface area contributed by atoms with Crippen LogP contribution in [0.3, 0.4) is 0 Å². The average molecular weight is 753 g/mol. The monoisotopic (exact) mass is 751 g/mol. The highest BCUT2D eigenvalue weighted by atomic mass is 79.9. The number of hydrogen-bond donors (Lipinski definition) is 3. The predicted molar refractivity (Wildman–Crippen MR) is 160 cm³/mol. The number of hydrogen-bond acceptors (Lipinski definition) is 6. The number of halogens is 7. The van der Waals surface area contributed by atoms with Gasteiger partial charge in [0.25, 0.3) is 5.92 Å². The van der Waals surface area contributed by atoms with Crippen molar-refractivity contribution in [1.29, 1.82) is 0 Å². The summed E-state index contributed by atoms with van der Waals surface area (Å²) >= 11 is 3.21. The fraction of sp³-hybridized carbons (Fsp3) is 0.333. The van der Waals surface area contributed by atoms with E-state index in [1.54, 1.807) is 0 Å². The number of nitrogens with two attached hydrogens (primary N) is 1. The Hall–Kier alpha value is -3.67. The van der Waals surface area contributed by atoms with Gasteiger partial charge in [0.1, 0.15) is 17.3 Å². The molecule has 2 heterocycles. The zero-order valence-electron chi connectivity index (χ0n) is 24.1. The molecule has 0 aromatic heterocycles. The highest BCUT2D eigenvalue weighted by molar-refractivity contribution is 9.10. The summed E-state index contributed by atoms with van der Waals surface area (Å²) < 4.78 is 112. The number of sulfonamides is 1. The fourth-order valence-corrected chi connectivity index (χ4v) is 6.85. The van der Waals surface area contributed by atoms with Crippen molar-refractivity contribution in [2.24, 2.45) is 5.73 Å². The third kappa shape index (κ3) is 8.82. The van der Waals surface area contributed by atoms with E-state index in [0.717, 1.165) is 12.1 Å². The molecule has 0 aliphatic carbocycles. The van der Waals surface area contributed by atoms with Gasteiger partial charge in [-0.25, -0.2) is 17.6 Å². The molecule has 3 aromatic rings. The van der Waals surface area contributed by atoms with Gasteiger partial charge in [-0.15, -0.1) is 0 Å². The number of ether oxygens (including phenoxy) is 1. The summed E-state index contributed by atoms with van der Waals surface area (Å²) in [4.78, 5) is 23.7. The number of nitrogens with one attached hydrogen (secondary N) is 1. The molecular formula is C30H28BrF6N3O6S. The lowest BCUT2D eigenvalue weighted by Gasteiger charge is -2.41. The summed E-state index contributed by atoms with van der Waals surface area (Å²) in [7, 11) is -4.58. The summed E-state index contributed by atoms with van der Waals surface area (Å²) in [5, 5.41) is 7.12. The molecule has 47 heavy (non-hydrogen) atoms. The molecule has 17 heteroatoms. The molecule has 3 aromatic carbocycles. The molecular weight excluding hydrogens is 724 g/mol. The maximum atomic E-state index is 16.0. The number of nitrogens with zero attached hydrogens (tertiary/aromatic N) is 1. The van der Waals surface area contributed by atoms with E-state index in [1.165, 1.54) is 65.6 Å². The second-order valence-corrected chi connectivity index (χ2v) is 13.5. The van der Waals surface area contributed by atoms with E-state index in [4.69, 9.17) is 20.4 Å². The Balaban J connectivity index is 0.000000644. The summed E-state index contributed by atoms with van der Waals surface area (Å²) in [5.74, 6) is -7.47. The Bertz CT molecular complexity index is 1660. The summed E-state index contributed by atoms with van der Waals surface area (Å²) in [5.41, 5.74) is 5.60. The Kier molecular flexibility index (Phi) is 10.9. The largest absolute Gasteiger partial charge is 0.490 e. The lowest BCUT2D eigenvalue weighted by atomic mass is 9.95. The third-order valence-corrected chi connectivity index (χ3v) is 9.53. The first-order valence-corrected chi connectivity index (χ1v) is 16.2. The van der Waals surface area contributed by atoms with Gasteiger partial charge in [-0.3, -0.25) is 4.79 Å². The SMILES string of the molecule is NC1CC2CCC(C1)N2C(=O)[C@H](NS(=O)(=O)c1ccc(Oc2ccc(F)cc2)cc1)C(F)(F)c1ccc(Br)cc1.O=C(O)C(F)(F)F. The third-order valence-electron chi connectivity index (χ3n) is 7.56. The molecule has 254 valence electrons. The molecule has 0 radical (unpaired) electrons. The maximum absolute atomic E-state index is 16.0. The summed E-state index contributed by atoms with van der Waals surface area (Å²) in [6, 6.07) is 12.2. The highest BCUT2D eigenvalue weighted by Crippen LogP contribution is 2.40. The average Bonchev–Trinajstić information content (AvgIpc) is 3.27. The number of benzene rings is 3. The molecule has 1 amide bonds. The minimum absolute atomic E-state index is 0.140. The molecule has 2 unspecified atom stereocenters. The normalized spacial score (nSPS) is 20.2. The number of rotatable bonds is 8. The second-order valence-electron chi connectivity index (χ2n) is 10.9. The summed E-state index contributed by atoms with van der Waals surface area (Å²) in [6.07, 6.45) is -2.88. The van der Waals surface area contributed by atoms with Gasteiger partial charge in [0.2, 0.25) is 15.9 Å². The highest BCUT2D eigenvalue weighted by Gasteiger charge is 2.53. The van der Waals surface area contributed by atoms with Crippen molar-refractivity contribution < 1.29 is 54.2 Å². The molecule has 4 N–H and O–H groups in total. The second kappa shape index (κ2) is 14.2. The predicted octanol–water partition coefficient (Wildman–Crippen LogP) is 5.93. The quantitative estimate of drug-likeness (QED) is 0.243. The van der Waals surface area contributed by atoms with Crippen LogP contribution in [-0.4, -0.2) is 60.6 Å². The van der Waals surface area contributed by atoms with E-state index in [-0.39, 0.29) is 28.8 Å². The van der Waals surface area contributed by atoms with Crippen molar-refractivity contribution in [3.05, 3.63) is 88.6 Å². The van der Waals surface area contributed by atoms with Gasteiger partial charge in [-0.05, 0) is 86.3 Å². The van der Waals surface area contributed by atoms with E-state index < -0.39 is 51.4 Å². The number of carboxylic acids is 1. The minimum atomic E-state index is -5.08. The molecule has 5 rings (SSSR count). The van der Waals surface area contributed by atoms with Gasteiger partial charge < -0.3 is 20.5 Å². The first-order chi connectivity index (χ1) is 21.9. The molecule has 2 saturated heterocycles. The molecule has 2 aliphatic heterocycles. The zero-order chi connectivity index (χ0) is 34.7. The van der Waals surface area contributed by atoms with E-state index >= 15 is 8.78 Å². The van der Waals surface area contributed by atoms with Crippen LogP contribution >= 0.6 is 15.9 Å². The van der Waals surface area contributed by atoms with Crippen molar-refractivity contribution in [3.8, 4) is 11.5 Å². The number of alkyl halides is 5. The van der Waals surface area contributed by atoms with Gasteiger partial charge in [-0.1, -0.05) is 28.1 Å². The van der Waals surface area contributed by atoms with Crippen molar-refractivity contribution in [3.63, 3.8) is 0 Å². The van der Waals surface area contributed by atoms with Gasteiger partial charge >= 0.3 is 12.1 Å². The van der Waals surface area contributed by atoms with Crippen molar-refractivity contribution >= 4 is 37.8 Å². The van der Waals surface area contributed by atoms with Crippen LogP contribution < -0.4 is 15.2 Å². The molecule has 3 atom stereocenters. The lowest BCUT2D eigenvalue weighted by Crippen LogP contribution is -2.60. The first kappa shape index (κ1) is 36.2. The molecule has 2 aliphatic rings. The van der Waals surface area contributed by atoms with Crippen LogP contribution in [0.15, 0.2) is 82.2 Å². The number of amides is 1. The number of carbonyl (C=O) groups is 2. The van der Waals surface area contributed by atoms with Crippen LogP contribution in [0, 0.1) is 5.82 Å². The van der Waals surface area contributed by atoms with Crippen molar-refractivity contribution in [1.82, 2.24) is 9.62 Å². The topological polar surface area (TPSA) is 139 Å². The Morgan fingerprint density at radius 3 is 1.83 bits per heavy atom. The number of carboxylic acid groups (broad SMARTS) is 1. The van der Waals surface area contributed by atoms with Crippen LogP contribution in [0.5, 0.6) is 11.5 Å². The van der Waals surface area contributed by atoms with Gasteiger partial charge in [0.15, 0.2) is 6.04 Å². The van der Waals surface area contributed by atoms with Crippen molar-refractivity contribution in [2.75, 3.05) is 0 Å². The van der Waals surface area contributed by atoms with E-state index in [9.17, 15) is 30.8 Å². The smallest absolute Gasteiger partial charge is 0.475 e. The van der Waals surface area contributed by atoms with Crippen LogP contribution in [0.2, 0.25) is 0 Å². The number of piperidine rings is 1. The lowest BCUT2D eigenvalue weighted by molar-refractivity contribution is -0.192. The Morgan fingerprint density at radius 1 is 0.894 bits per heavy atom. The maximum Gasteiger partial charge on any atom is 0.490 e. The molecule has 0 saturated carbocycles. The number of aliphatic carboxylic acids is 1. The molecule has 9 nitrogen and oxygen atoms in total. The van der Waals surface area contributed by atoms with Crippen molar-refractivity contribution in [2.45, 2.75) is 66.8 Å². The van der Waals surface area contributed by atoms with Gasteiger partial charge in [-0.2, -0.15) is 26.7 Å². The molecule has 2 bridgehead atoms. The molecule has 2 fully saturated rings. The van der Waals surface area contributed by atoms with Crippen LogP contribution in [-0.2, 0) is 25.5 Å². The standard InChI is InChI=1S/C28H27BrF3N3O4S.C2HF3O2/c29-18-3-1-17(2-4-18)28(31,32)26(27(36)35-21-7-8-22(35)16-20(33)15-21)34-40(37,38)25-13-11-24(12-14-25)39-23-9-5-19(30)6-10-23;3-2(4,5)1(6)7/h1-6,9-14,20-22,26,34H,7-8,15-16,33H2;(H,6,7)/t20?,21?,22?,26-;/m0./s1. The Labute approximate surface area is 273 Å². The first-order valence-electron chi connectivity index (χ1n) is 14.0. The summed E-state index contributed by atoms with van der Waals surface area (Å²) in [6.45, 7) is 0. The van der Waals surface area contributed by atoms with Gasteiger partial charge in [0.05, 0.1) is 4.90 Å². The van der Waals surface area contributed by atoms with Crippen LogP contribution in [0.25, 0.3) is 0 Å².